The second kappa shape index (κ2) is 9.58. The topological polar surface area (TPSA) is 87.6 Å². The first-order valence-electron chi connectivity index (χ1n) is 10.5. The number of piperazine rings is 1. The molecule has 10 heteroatoms. The van der Waals surface area contributed by atoms with E-state index in [1.807, 2.05) is 26.0 Å². The number of nitrogens with one attached hydrogen (secondary N) is 1. The van der Waals surface area contributed by atoms with Gasteiger partial charge >= 0.3 is 0 Å². The minimum absolute atomic E-state index is 0.0146. The summed E-state index contributed by atoms with van der Waals surface area (Å²) in [5.41, 5.74) is 1.85. The molecule has 1 saturated heterocycles. The van der Waals surface area contributed by atoms with Crippen molar-refractivity contribution in [1.82, 2.24) is 9.97 Å². The van der Waals surface area contributed by atoms with Gasteiger partial charge in [0.2, 0.25) is 10.8 Å². The third-order valence-electron chi connectivity index (χ3n) is 5.77. The number of hydrogen-bond acceptors (Lipinski definition) is 7. The van der Waals surface area contributed by atoms with Gasteiger partial charge in [0.15, 0.2) is 5.82 Å². The van der Waals surface area contributed by atoms with Gasteiger partial charge in [-0.05, 0) is 35.3 Å². The number of benzene rings is 1. The molecule has 2 unspecified atom stereocenters. The van der Waals surface area contributed by atoms with Crippen molar-refractivity contribution in [2.45, 2.75) is 31.2 Å². The lowest BCUT2D eigenvalue weighted by Gasteiger charge is -2.36. The van der Waals surface area contributed by atoms with Crippen molar-refractivity contribution in [3.8, 4) is 0 Å². The number of rotatable bonds is 6. The molecular formula is C21H27Cl2N5O2S. The number of fused-ring (bicyclic) bond motifs is 1. The van der Waals surface area contributed by atoms with E-state index in [2.05, 4.69) is 15.1 Å². The molecule has 7 nitrogen and oxygen atoms in total. The summed E-state index contributed by atoms with van der Waals surface area (Å²) >= 11 is 11.2. The van der Waals surface area contributed by atoms with Crippen LogP contribution in [0.15, 0.2) is 23.1 Å². The Morgan fingerprint density at radius 1 is 1.10 bits per heavy atom. The molecule has 2 atom stereocenters. The highest BCUT2D eigenvalue weighted by atomic mass is 35.5. The summed E-state index contributed by atoms with van der Waals surface area (Å²) < 4.78 is 12.6. The van der Waals surface area contributed by atoms with Crippen molar-refractivity contribution in [3.05, 3.63) is 33.9 Å². The smallest absolute Gasteiger partial charge is 0.228 e. The second-order valence-corrected chi connectivity index (χ2v) is 10.6. The number of aryl methyl sites for hydroxylation is 1. The van der Waals surface area contributed by atoms with Crippen LogP contribution in [-0.4, -0.2) is 64.2 Å². The molecule has 0 aliphatic carbocycles. The van der Waals surface area contributed by atoms with Gasteiger partial charge in [-0.25, -0.2) is 4.98 Å². The van der Waals surface area contributed by atoms with Crippen molar-refractivity contribution in [3.63, 3.8) is 0 Å². The van der Waals surface area contributed by atoms with E-state index in [4.69, 9.17) is 33.2 Å². The maximum atomic E-state index is 12.6. The SMILES string of the molecule is CC(C)C(CO)Nc1nc(N2CCN(c3cc(Cl)cc(Cl)c3)CC2)nc2c1[S+]([O-])CC2. The predicted molar refractivity (Wildman–Crippen MR) is 127 cm³/mol. The maximum absolute atomic E-state index is 12.6. The average molecular weight is 484 g/mol. The van der Waals surface area contributed by atoms with Crippen LogP contribution in [0.3, 0.4) is 0 Å². The van der Waals surface area contributed by atoms with Crippen LogP contribution in [-0.2, 0) is 17.6 Å². The molecule has 2 N–H and O–H groups in total. The van der Waals surface area contributed by atoms with E-state index >= 15 is 0 Å². The van der Waals surface area contributed by atoms with Gasteiger partial charge in [0.1, 0.15) is 11.4 Å². The van der Waals surface area contributed by atoms with Crippen molar-refractivity contribution >= 4 is 51.8 Å². The van der Waals surface area contributed by atoms with E-state index in [1.165, 1.54) is 0 Å². The summed E-state index contributed by atoms with van der Waals surface area (Å²) in [6.45, 7) is 7.13. The van der Waals surface area contributed by atoms with Gasteiger partial charge in [0.25, 0.3) is 0 Å². The Hall–Kier alpha value is -1.45. The van der Waals surface area contributed by atoms with Gasteiger partial charge in [0.05, 0.1) is 12.6 Å². The summed E-state index contributed by atoms with van der Waals surface area (Å²) in [6, 6.07) is 5.42. The second-order valence-electron chi connectivity index (χ2n) is 8.23. The van der Waals surface area contributed by atoms with Crippen LogP contribution in [0.1, 0.15) is 19.5 Å². The Labute approximate surface area is 195 Å². The third kappa shape index (κ3) is 4.98. The lowest BCUT2D eigenvalue weighted by molar-refractivity contribution is 0.248. The van der Waals surface area contributed by atoms with Crippen LogP contribution < -0.4 is 15.1 Å². The van der Waals surface area contributed by atoms with Crippen molar-refractivity contribution < 1.29 is 9.66 Å². The summed E-state index contributed by atoms with van der Waals surface area (Å²) in [4.78, 5) is 14.6. The van der Waals surface area contributed by atoms with Crippen LogP contribution >= 0.6 is 23.2 Å². The molecule has 2 aromatic rings. The van der Waals surface area contributed by atoms with Crippen molar-refractivity contribution in [2.75, 3.05) is 53.7 Å². The van der Waals surface area contributed by atoms with E-state index < -0.39 is 11.2 Å². The number of aliphatic hydroxyl groups is 1. The Morgan fingerprint density at radius 2 is 1.74 bits per heavy atom. The number of nitrogens with zero attached hydrogens (tertiary/aromatic N) is 4. The fraction of sp³-hybridized carbons (Fsp3) is 0.524. The summed E-state index contributed by atoms with van der Waals surface area (Å²) in [5, 5.41) is 14.3. The molecule has 1 aromatic carbocycles. The molecule has 1 fully saturated rings. The Morgan fingerprint density at radius 3 is 2.35 bits per heavy atom. The first-order valence-corrected chi connectivity index (χ1v) is 12.6. The third-order valence-corrected chi connectivity index (χ3v) is 7.67. The fourth-order valence-electron chi connectivity index (χ4n) is 3.91. The summed E-state index contributed by atoms with van der Waals surface area (Å²) in [6.07, 6.45) is 0.679. The number of aromatic nitrogens is 2. The van der Waals surface area contributed by atoms with Crippen LogP contribution in [0, 0.1) is 5.92 Å². The fourth-order valence-corrected chi connectivity index (χ4v) is 5.74. The normalized spacial score (nSPS) is 19.6. The van der Waals surface area contributed by atoms with Crippen LogP contribution in [0.25, 0.3) is 0 Å². The van der Waals surface area contributed by atoms with Crippen molar-refractivity contribution in [2.24, 2.45) is 5.92 Å². The summed E-state index contributed by atoms with van der Waals surface area (Å²) in [7, 11) is 0. The molecule has 31 heavy (non-hydrogen) atoms. The number of aliphatic hydroxyl groups excluding tert-OH is 1. The van der Waals surface area contributed by atoms with E-state index in [0.29, 0.717) is 38.9 Å². The zero-order valence-corrected chi connectivity index (χ0v) is 20.0. The minimum atomic E-state index is -1.11. The van der Waals surface area contributed by atoms with Crippen LogP contribution in [0.2, 0.25) is 10.0 Å². The molecule has 3 heterocycles. The molecule has 1 aromatic heterocycles. The van der Waals surface area contributed by atoms with E-state index in [-0.39, 0.29) is 18.6 Å². The van der Waals surface area contributed by atoms with Crippen molar-refractivity contribution in [1.29, 1.82) is 0 Å². The van der Waals surface area contributed by atoms with Crippen LogP contribution in [0.5, 0.6) is 0 Å². The lowest BCUT2D eigenvalue weighted by Crippen LogP contribution is -2.47. The molecule has 0 saturated carbocycles. The molecule has 0 amide bonds. The largest absolute Gasteiger partial charge is 0.611 e. The predicted octanol–water partition coefficient (Wildman–Crippen LogP) is 3.20. The van der Waals surface area contributed by atoms with Gasteiger partial charge < -0.3 is 24.8 Å². The first kappa shape index (κ1) is 22.7. The first-order chi connectivity index (χ1) is 14.9. The van der Waals surface area contributed by atoms with Gasteiger partial charge in [-0.3, -0.25) is 0 Å². The Balaban J connectivity index is 1.54. The Bertz CT molecular complexity index is 920. The highest BCUT2D eigenvalue weighted by Gasteiger charge is 2.34. The molecule has 4 rings (SSSR count). The van der Waals surface area contributed by atoms with Gasteiger partial charge in [0, 0.05) is 48.3 Å². The van der Waals surface area contributed by atoms with Gasteiger partial charge in [-0.2, -0.15) is 4.98 Å². The highest BCUT2D eigenvalue weighted by molar-refractivity contribution is 7.91. The van der Waals surface area contributed by atoms with Gasteiger partial charge in [-0.15, -0.1) is 0 Å². The molecular weight excluding hydrogens is 457 g/mol. The van der Waals surface area contributed by atoms with E-state index in [1.54, 1.807) is 6.07 Å². The maximum Gasteiger partial charge on any atom is 0.228 e. The number of anilines is 3. The van der Waals surface area contributed by atoms with Gasteiger partial charge in [-0.1, -0.05) is 37.0 Å². The zero-order valence-electron chi connectivity index (χ0n) is 17.6. The highest BCUT2D eigenvalue weighted by Crippen LogP contribution is 2.33. The lowest BCUT2D eigenvalue weighted by atomic mass is 10.1. The average Bonchev–Trinajstić information content (AvgIpc) is 3.12. The molecule has 2 aliphatic rings. The molecule has 2 aliphatic heterocycles. The Kier molecular flexibility index (Phi) is 7.03. The minimum Gasteiger partial charge on any atom is -0.611 e. The number of halogens is 2. The van der Waals surface area contributed by atoms with E-state index in [0.717, 1.165) is 37.6 Å². The quantitative estimate of drug-likeness (QED) is 0.609. The summed E-state index contributed by atoms with van der Waals surface area (Å²) in [5.74, 6) is 2.01. The molecule has 0 spiro atoms. The molecule has 0 radical (unpaired) electrons. The monoisotopic (exact) mass is 483 g/mol. The standard InChI is InChI=1S/C21H27Cl2N5O2S/c1-13(2)18(12-29)24-20-19-17(3-8-31(19)30)25-21(26-20)28-6-4-27(5-7-28)16-10-14(22)9-15(23)11-16/h9-11,13,18,29H,3-8,12H2,1-2H3,(H,24,25,26). The van der Waals surface area contributed by atoms with Crippen LogP contribution in [0.4, 0.5) is 17.5 Å². The molecule has 0 bridgehead atoms. The number of hydrogen-bond donors (Lipinski definition) is 2. The molecule has 168 valence electrons. The van der Waals surface area contributed by atoms with E-state index in [9.17, 15) is 9.66 Å². The zero-order chi connectivity index (χ0) is 22.1.